The Morgan fingerprint density at radius 3 is 2.69 bits per heavy atom. The molecule has 0 aromatic carbocycles. The summed E-state index contributed by atoms with van der Waals surface area (Å²) in [7, 11) is 0. The standard InChI is InChI=1S/C11H24N2/c1-4-8-13(5-2)11-6-7-12-9-10(11)3/h10-12H,4-9H2,1-3H3. The highest BCUT2D eigenvalue weighted by molar-refractivity contribution is 4.82. The summed E-state index contributed by atoms with van der Waals surface area (Å²) in [6.07, 6.45) is 2.61. The molecule has 1 aliphatic rings. The Kier molecular flexibility index (Phi) is 4.74. The minimum Gasteiger partial charge on any atom is -0.316 e. The van der Waals surface area contributed by atoms with Crippen molar-refractivity contribution in [2.75, 3.05) is 26.2 Å². The van der Waals surface area contributed by atoms with Gasteiger partial charge in [0.2, 0.25) is 0 Å². The number of piperidine rings is 1. The van der Waals surface area contributed by atoms with E-state index in [-0.39, 0.29) is 0 Å². The smallest absolute Gasteiger partial charge is 0.0145 e. The van der Waals surface area contributed by atoms with E-state index in [0.29, 0.717) is 0 Å². The van der Waals surface area contributed by atoms with Crippen LogP contribution in [0.2, 0.25) is 0 Å². The minimum absolute atomic E-state index is 0.820. The zero-order chi connectivity index (χ0) is 9.68. The summed E-state index contributed by atoms with van der Waals surface area (Å²) in [5, 5.41) is 3.46. The second-order valence-electron chi connectivity index (χ2n) is 4.17. The molecule has 1 N–H and O–H groups in total. The summed E-state index contributed by atoms with van der Waals surface area (Å²) in [4.78, 5) is 2.64. The molecule has 2 heteroatoms. The molecule has 1 rings (SSSR count). The first-order valence-electron chi connectivity index (χ1n) is 5.74. The van der Waals surface area contributed by atoms with Gasteiger partial charge >= 0.3 is 0 Å². The van der Waals surface area contributed by atoms with E-state index in [1.54, 1.807) is 0 Å². The van der Waals surface area contributed by atoms with Gasteiger partial charge in [-0.15, -0.1) is 0 Å². The molecule has 1 saturated heterocycles. The van der Waals surface area contributed by atoms with Crippen molar-refractivity contribution in [2.24, 2.45) is 5.92 Å². The first kappa shape index (κ1) is 11.0. The predicted octanol–water partition coefficient (Wildman–Crippen LogP) is 1.72. The van der Waals surface area contributed by atoms with E-state index >= 15 is 0 Å². The van der Waals surface area contributed by atoms with Crippen LogP contribution in [0, 0.1) is 5.92 Å². The van der Waals surface area contributed by atoms with Crippen molar-refractivity contribution in [2.45, 2.75) is 39.7 Å². The molecular formula is C11H24N2. The van der Waals surface area contributed by atoms with Gasteiger partial charge in [0.15, 0.2) is 0 Å². The molecule has 0 aliphatic carbocycles. The summed E-state index contributed by atoms with van der Waals surface area (Å²) < 4.78 is 0. The average Bonchev–Trinajstić information content (AvgIpc) is 2.16. The summed E-state index contributed by atoms with van der Waals surface area (Å²) in [5.41, 5.74) is 0. The quantitative estimate of drug-likeness (QED) is 0.715. The summed E-state index contributed by atoms with van der Waals surface area (Å²) in [5.74, 6) is 0.820. The number of hydrogen-bond acceptors (Lipinski definition) is 2. The van der Waals surface area contributed by atoms with Crippen LogP contribution >= 0.6 is 0 Å². The maximum atomic E-state index is 3.46. The van der Waals surface area contributed by atoms with Crippen LogP contribution in [0.5, 0.6) is 0 Å². The third kappa shape index (κ3) is 2.96. The molecule has 13 heavy (non-hydrogen) atoms. The van der Waals surface area contributed by atoms with Crippen LogP contribution in [0.4, 0.5) is 0 Å². The molecule has 2 nitrogen and oxygen atoms in total. The van der Waals surface area contributed by atoms with Crippen molar-refractivity contribution >= 4 is 0 Å². The SMILES string of the molecule is CCCN(CC)C1CCNCC1C. The number of hydrogen-bond donors (Lipinski definition) is 1. The maximum absolute atomic E-state index is 3.46. The monoisotopic (exact) mass is 184 g/mol. The maximum Gasteiger partial charge on any atom is 0.0145 e. The van der Waals surface area contributed by atoms with Gasteiger partial charge in [0.05, 0.1) is 0 Å². The lowest BCUT2D eigenvalue weighted by molar-refractivity contribution is 0.126. The fourth-order valence-electron chi connectivity index (χ4n) is 2.39. The third-order valence-corrected chi connectivity index (χ3v) is 3.13. The van der Waals surface area contributed by atoms with Crippen LogP contribution in [0.1, 0.15) is 33.6 Å². The highest BCUT2D eigenvalue weighted by atomic mass is 15.2. The van der Waals surface area contributed by atoms with Gasteiger partial charge in [-0.2, -0.15) is 0 Å². The molecule has 0 spiro atoms. The highest BCUT2D eigenvalue weighted by Gasteiger charge is 2.25. The van der Waals surface area contributed by atoms with Crippen LogP contribution in [0.25, 0.3) is 0 Å². The number of nitrogens with zero attached hydrogens (tertiary/aromatic N) is 1. The Bertz CT molecular complexity index is 136. The van der Waals surface area contributed by atoms with E-state index < -0.39 is 0 Å². The predicted molar refractivity (Wildman–Crippen MR) is 58.0 cm³/mol. The van der Waals surface area contributed by atoms with Crippen molar-refractivity contribution in [3.05, 3.63) is 0 Å². The zero-order valence-electron chi connectivity index (χ0n) is 9.34. The van der Waals surface area contributed by atoms with Crippen LogP contribution in [-0.4, -0.2) is 37.1 Å². The zero-order valence-corrected chi connectivity index (χ0v) is 9.34. The van der Waals surface area contributed by atoms with Crippen molar-refractivity contribution in [3.8, 4) is 0 Å². The highest BCUT2D eigenvalue weighted by Crippen LogP contribution is 2.17. The second-order valence-corrected chi connectivity index (χ2v) is 4.17. The molecule has 2 atom stereocenters. The Hall–Kier alpha value is -0.0800. The van der Waals surface area contributed by atoms with E-state index in [4.69, 9.17) is 0 Å². The molecule has 78 valence electrons. The summed E-state index contributed by atoms with van der Waals surface area (Å²) in [6.45, 7) is 11.8. The molecule has 2 unspecified atom stereocenters. The molecule has 0 amide bonds. The van der Waals surface area contributed by atoms with Gasteiger partial charge in [-0.05, 0) is 44.9 Å². The Morgan fingerprint density at radius 2 is 2.15 bits per heavy atom. The Balaban J connectivity index is 2.44. The largest absolute Gasteiger partial charge is 0.316 e. The second kappa shape index (κ2) is 5.61. The van der Waals surface area contributed by atoms with E-state index in [1.165, 1.54) is 39.0 Å². The lowest BCUT2D eigenvalue weighted by atomic mass is 9.93. The molecule has 1 aliphatic heterocycles. The fourth-order valence-corrected chi connectivity index (χ4v) is 2.39. The van der Waals surface area contributed by atoms with Gasteiger partial charge in [-0.3, -0.25) is 0 Å². The normalized spacial score (nSPS) is 29.5. The molecule has 1 heterocycles. The lowest BCUT2D eigenvalue weighted by Crippen LogP contribution is -2.48. The molecule has 0 aromatic rings. The van der Waals surface area contributed by atoms with Gasteiger partial charge in [-0.25, -0.2) is 0 Å². The van der Waals surface area contributed by atoms with Crippen molar-refractivity contribution in [1.29, 1.82) is 0 Å². The van der Waals surface area contributed by atoms with Gasteiger partial charge in [0, 0.05) is 6.04 Å². The van der Waals surface area contributed by atoms with Crippen LogP contribution in [0.15, 0.2) is 0 Å². The molecule has 0 saturated carbocycles. The van der Waals surface area contributed by atoms with Crippen molar-refractivity contribution in [3.63, 3.8) is 0 Å². The molecular weight excluding hydrogens is 160 g/mol. The average molecular weight is 184 g/mol. The van der Waals surface area contributed by atoms with E-state index in [0.717, 1.165) is 12.0 Å². The van der Waals surface area contributed by atoms with Crippen LogP contribution in [-0.2, 0) is 0 Å². The van der Waals surface area contributed by atoms with Crippen molar-refractivity contribution in [1.82, 2.24) is 10.2 Å². The minimum atomic E-state index is 0.820. The first-order chi connectivity index (χ1) is 6.29. The van der Waals surface area contributed by atoms with Crippen LogP contribution < -0.4 is 5.32 Å². The van der Waals surface area contributed by atoms with Crippen LogP contribution in [0.3, 0.4) is 0 Å². The molecule has 0 aromatic heterocycles. The molecule has 1 fully saturated rings. The van der Waals surface area contributed by atoms with Gasteiger partial charge in [-0.1, -0.05) is 20.8 Å². The van der Waals surface area contributed by atoms with Gasteiger partial charge in [0.25, 0.3) is 0 Å². The fraction of sp³-hybridized carbons (Fsp3) is 1.00. The van der Waals surface area contributed by atoms with E-state index in [2.05, 4.69) is 31.0 Å². The lowest BCUT2D eigenvalue weighted by Gasteiger charge is -2.38. The van der Waals surface area contributed by atoms with E-state index in [1.807, 2.05) is 0 Å². The Morgan fingerprint density at radius 1 is 1.38 bits per heavy atom. The Labute approximate surface area is 82.7 Å². The molecule has 0 radical (unpaired) electrons. The van der Waals surface area contributed by atoms with Crippen molar-refractivity contribution < 1.29 is 0 Å². The number of nitrogens with one attached hydrogen (secondary N) is 1. The topological polar surface area (TPSA) is 15.3 Å². The van der Waals surface area contributed by atoms with E-state index in [9.17, 15) is 0 Å². The van der Waals surface area contributed by atoms with Gasteiger partial charge < -0.3 is 10.2 Å². The summed E-state index contributed by atoms with van der Waals surface area (Å²) >= 11 is 0. The third-order valence-electron chi connectivity index (χ3n) is 3.13. The summed E-state index contributed by atoms with van der Waals surface area (Å²) in [6, 6.07) is 0.825. The first-order valence-corrected chi connectivity index (χ1v) is 5.74. The van der Waals surface area contributed by atoms with Gasteiger partial charge in [0.1, 0.15) is 0 Å². The molecule has 0 bridgehead atoms. The number of rotatable bonds is 4.